The number of hydrogen-bond acceptors (Lipinski definition) is 3. The first kappa shape index (κ1) is 9.57. The van der Waals surface area contributed by atoms with Gasteiger partial charge in [0.2, 0.25) is 10.0 Å². The molecular weight excluding hydrogens is 200 g/mol. The lowest BCUT2D eigenvalue weighted by atomic mass is 10.1. The van der Waals surface area contributed by atoms with E-state index in [-0.39, 0.29) is 11.3 Å². The van der Waals surface area contributed by atoms with Crippen LogP contribution in [0.1, 0.15) is 6.42 Å². The molecule has 1 aliphatic rings. The number of hydrogen-bond donors (Lipinski definition) is 2. The van der Waals surface area contributed by atoms with Gasteiger partial charge in [0.05, 0.1) is 10.3 Å². The zero-order valence-corrected chi connectivity index (χ0v) is 7.77. The zero-order chi connectivity index (χ0) is 9.35. The third-order valence-electron chi connectivity index (χ3n) is 1.57. The molecule has 1 aliphatic carbocycles. The molecule has 0 saturated heterocycles. The third kappa shape index (κ3) is 2.00. The van der Waals surface area contributed by atoms with E-state index >= 15 is 0 Å². The Kier molecular flexibility index (Phi) is 2.46. The smallest absolute Gasteiger partial charge is 0.234 e. The van der Waals surface area contributed by atoms with Gasteiger partial charge < -0.3 is 5.73 Å². The van der Waals surface area contributed by atoms with Crippen LogP contribution in [0.3, 0.4) is 0 Å². The van der Waals surface area contributed by atoms with Crippen molar-refractivity contribution in [1.82, 2.24) is 0 Å². The first-order chi connectivity index (χ1) is 5.41. The van der Waals surface area contributed by atoms with Crippen LogP contribution in [0.4, 0.5) is 0 Å². The minimum absolute atomic E-state index is 0.122. The van der Waals surface area contributed by atoms with Crippen molar-refractivity contribution in [3.05, 3.63) is 22.8 Å². The van der Waals surface area contributed by atoms with E-state index < -0.39 is 15.4 Å². The summed E-state index contributed by atoms with van der Waals surface area (Å²) in [6.07, 6.45) is 3.01. The second kappa shape index (κ2) is 3.08. The average molecular weight is 209 g/mol. The van der Waals surface area contributed by atoms with Crippen molar-refractivity contribution in [3.63, 3.8) is 0 Å². The van der Waals surface area contributed by atoms with E-state index in [4.69, 9.17) is 22.5 Å². The van der Waals surface area contributed by atoms with Crippen LogP contribution in [0.2, 0.25) is 0 Å². The molecule has 6 heteroatoms. The molecule has 0 aliphatic heterocycles. The average Bonchev–Trinajstić information content (AvgIpc) is 1.92. The van der Waals surface area contributed by atoms with Gasteiger partial charge in [-0.15, -0.1) is 11.6 Å². The van der Waals surface area contributed by atoms with Crippen molar-refractivity contribution in [2.45, 2.75) is 11.8 Å². The highest BCUT2D eigenvalue weighted by molar-refractivity contribution is 7.93. The fourth-order valence-corrected chi connectivity index (χ4v) is 1.85. The largest absolute Gasteiger partial charge is 0.401 e. The Morgan fingerprint density at radius 3 is 2.50 bits per heavy atom. The van der Waals surface area contributed by atoms with Crippen LogP contribution in [0.25, 0.3) is 0 Å². The minimum Gasteiger partial charge on any atom is -0.401 e. The molecule has 0 amide bonds. The van der Waals surface area contributed by atoms with E-state index in [1.54, 1.807) is 0 Å². The van der Waals surface area contributed by atoms with Gasteiger partial charge in [-0.25, -0.2) is 13.6 Å². The number of halogens is 1. The predicted octanol–water partition coefficient (Wildman–Crippen LogP) is 0.0125. The summed E-state index contributed by atoms with van der Waals surface area (Å²) in [5.74, 6) is 0. The second-order valence-corrected chi connectivity index (χ2v) is 4.66. The summed E-state index contributed by atoms with van der Waals surface area (Å²) < 4.78 is 21.6. The summed E-state index contributed by atoms with van der Waals surface area (Å²) in [7, 11) is -3.61. The van der Waals surface area contributed by atoms with E-state index in [0.717, 1.165) is 0 Å². The quantitative estimate of drug-likeness (QED) is 0.596. The maximum Gasteiger partial charge on any atom is 0.234 e. The number of nitrogens with two attached hydrogens (primary N) is 2. The van der Waals surface area contributed by atoms with Gasteiger partial charge in [0, 0.05) is 12.1 Å². The number of primary sulfonamides is 1. The molecule has 0 heterocycles. The molecule has 0 aromatic heterocycles. The van der Waals surface area contributed by atoms with Crippen LogP contribution in [-0.4, -0.2) is 13.8 Å². The Balaban J connectivity index is 3.00. The molecule has 68 valence electrons. The molecule has 1 unspecified atom stereocenters. The molecule has 1 atom stereocenters. The SMILES string of the molecule is NC1=CC=C(S(N)(=O)=O)CC1Cl. The van der Waals surface area contributed by atoms with Gasteiger partial charge in [-0.05, 0) is 12.2 Å². The van der Waals surface area contributed by atoms with Crippen LogP contribution in [0.5, 0.6) is 0 Å². The monoisotopic (exact) mass is 208 g/mol. The molecule has 4 N–H and O–H groups in total. The van der Waals surface area contributed by atoms with Crippen molar-refractivity contribution >= 4 is 21.6 Å². The molecule has 12 heavy (non-hydrogen) atoms. The Morgan fingerprint density at radius 2 is 2.08 bits per heavy atom. The Morgan fingerprint density at radius 1 is 1.50 bits per heavy atom. The van der Waals surface area contributed by atoms with Crippen molar-refractivity contribution in [3.8, 4) is 0 Å². The molecule has 0 aromatic rings. The summed E-state index contributed by atoms with van der Waals surface area (Å²) >= 11 is 5.71. The molecule has 1 rings (SSSR count). The molecule has 0 saturated carbocycles. The van der Waals surface area contributed by atoms with Crippen LogP contribution in [-0.2, 0) is 10.0 Å². The summed E-state index contributed by atoms with van der Waals surface area (Å²) in [5, 5.41) is 4.42. The molecular formula is C6H9ClN2O2S. The second-order valence-electron chi connectivity index (χ2n) is 2.52. The van der Waals surface area contributed by atoms with Gasteiger partial charge in [0.25, 0.3) is 0 Å². The summed E-state index contributed by atoms with van der Waals surface area (Å²) in [5.41, 5.74) is 5.89. The van der Waals surface area contributed by atoms with Gasteiger partial charge in [-0.2, -0.15) is 0 Å². The fraction of sp³-hybridized carbons (Fsp3) is 0.333. The van der Waals surface area contributed by atoms with Gasteiger partial charge >= 0.3 is 0 Å². The van der Waals surface area contributed by atoms with Crippen molar-refractivity contribution in [2.24, 2.45) is 10.9 Å². The van der Waals surface area contributed by atoms with Crippen LogP contribution >= 0.6 is 11.6 Å². The third-order valence-corrected chi connectivity index (χ3v) is 3.01. The zero-order valence-electron chi connectivity index (χ0n) is 6.20. The molecule has 0 bridgehead atoms. The molecule has 0 fully saturated rings. The summed E-state index contributed by atoms with van der Waals surface area (Å²) in [4.78, 5) is 0.122. The highest BCUT2D eigenvalue weighted by Crippen LogP contribution is 2.22. The van der Waals surface area contributed by atoms with Crippen molar-refractivity contribution in [1.29, 1.82) is 0 Å². The lowest BCUT2D eigenvalue weighted by Crippen LogP contribution is -2.22. The molecule has 0 radical (unpaired) electrons. The molecule has 0 spiro atoms. The fourth-order valence-electron chi connectivity index (χ4n) is 0.867. The number of alkyl halides is 1. The highest BCUT2D eigenvalue weighted by atomic mass is 35.5. The van der Waals surface area contributed by atoms with E-state index in [1.165, 1.54) is 12.2 Å². The van der Waals surface area contributed by atoms with Gasteiger partial charge in [-0.3, -0.25) is 0 Å². The van der Waals surface area contributed by atoms with E-state index in [1.807, 2.05) is 0 Å². The minimum atomic E-state index is -3.61. The summed E-state index contributed by atoms with van der Waals surface area (Å²) in [6, 6.07) is 0. The van der Waals surface area contributed by atoms with Gasteiger partial charge in [-0.1, -0.05) is 0 Å². The molecule has 0 aromatic carbocycles. The van der Waals surface area contributed by atoms with Crippen molar-refractivity contribution in [2.75, 3.05) is 0 Å². The van der Waals surface area contributed by atoms with E-state index in [2.05, 4.69) is 0 Å². The summed E-state index contributed by atoms with van der Waals surface area (Å²) in [6.45, 7) is 0. The first-order valence-electron chi connectivity index (χ1n) is 3.24. The Hall–Kier alpha value is -0.520. The maximum atomic E-state index is 10.8. The lowest BCUT2D eigenvalue weighted by molar-refractivity contribution is 0.601. The number of allylic oxidation sites excluding steroid dienone is 4. The highest BCUT2D eigenvalue weighted by Gasteiger charge is 2.20. The number of rotatable bonds is 1. The lowest BCUT2D eigenvalue weighted by Gasteiger charge is -2.14. The standard InChI is InChI=1S/C6H9ClN2O2S/c7-5-3-4(12(9,10)11)1-2-6(5)8/h1-2,5H,3,8H2,(H2,9,10,11). The van der Waals surface area contributed by atoms with Gasteiger partial charge in [0.15, 0.2) is 0 Å². The van der Waals surface area contributed by atoms with Crippen LogP contribution in [0.15, 0.2) is 22.8 Å². The van der Waals surface area contributed by atoms with Crippen LogP contribution in [0, 0.1) is 0 Å². The first-order valence-corrected chi connectivity index (χ1v) is 5.22. The van der Waals surface area contributed by atoms with Crippen molar-refractivity contribution < 1.29 is 8.42 Å². The maximum absolute atomic E-state index is 10.8. The normalized spacial score (nSPS) is 24.7. The van der Waals surface area contributed by atoms with Crippen LogP contribution < -0.4 is 10.9 Å². The van der Waals surface area contributed by atoms with Gasteiger partial charge in [0.1, 0.15) is 0 Å². The predicted molar refractivity (Wildman–Crippen MR) is 47.7 cm³/mol. The number of sulfonamides is 1. The Bertz CT molecular complexity index is 345. The topological polar surface area (TPSA) is 86.2 Å². The van der Waals surface area contributed by atoms with E-state index in [9.17, 15) is 8.42 Å². The molecule has 4 nitrogen and oxygen atoms in total. The van der Waals surface area contributed by atoms with E-state index in [0.29, 0.717) is 5.70 Å². The Labute approximate surface area is 75.9 Å².